The molecule has 1 heterocycles. The minimum absolute atomic E-state index is 0.367. The van der Waals surface area contributed by atoms with Gasteiger partial charge in [0.2, 0.25) is 0 Å². The molecule has 5 heteroatoms. The molecule has 0 radical (unpaired) electrons. The summed E-state index contributed by atoms with van der Waals surface area (Å²) in [6.07, 6.45) is 1.28. The number of hydrogen-bond acceptors (Lipinski definition) is 3. The molecule has 19 heavy (non-hydrogen) atoms. The predicted octanol–water partition coefficient (Wildman–Crippen LogP) is 3.27. The fourth-order valence-corrected chi connectivity index (χ4v) is 2.28. The van der Waals surface area contributed by atoms with E-state index < -0.39 is 4.87 Å². The number of halogens is 2. The van der Waals surface area contributed by atoms with E-state index in [0.29, 0.717) is 25.3 Å². The second-order valence-electron chi connectivity index (χ2n) is 4.53. The van der Waals surface area contributed by atoms with Crippen molar-refractivity contribution in [3.05, 3.63) is 34.9 Å². The number of alkyl halides is 1. The van der Waals surface area contributed by atoms with Crippen LogP contribution >= 0.6 is 23.2 Å². The third-order valence-corrected chi connectivity index (χ3v) is 4.11. The molecule has 3 nitrogen and oxygen atoms in total. The fraction of sp³-hybridized carbons (Fsp3) is 0.429. The summed E-state index contributed by atoms with van der Waals surface area (Å²) >= 11 is 12.1. The monoisotopic (exact) mass is 299 g/mol. The fourth-order valence-electron chi connectivity index (χ4n) is 1.96. The minimum atomic E-state index is -1.06. The van der Waals surface area contributed by atoms with Crippen LogP contribution in [0.1, 0.15) is 18.9 Å². The van der Waals surface area contributed by atoms with Gasteiger partial charge < -0.3 is 4.74 Å². The predicted molar refractivity (Wildman–Crippen MR) is 77.3 cm³/mol. The van der Waals surface area contributed by atoms with Crippen molar-refractivity contribution < 1.29 is 9.53 Å². The lowest BCUT2D eigenvalue weighted by Crippen LogP contribution is -2.35. The number of cyclic esters (lactones) is 1. The van der Waals surface area contributed by atoms with Crippen LogP contribution in [-0.4, -0.2) is 29.7 Å². The van der Waals surface area contributed by atoms with Crippen molar-refractivity contribution in [2.45, 2.75) is 24.6 Å². The second kappa shape index (κ2) is 5.93. The van der Waals surface area contributed by atoms with Crippen LogP contribution in [0.2, 0.25) is 5.02 Å². The first-order valence-corrected chi connectivity index (χ1v) is 6.90. The highest BCUT2D eigenvalue weighted by Gasteiger charge is 2.45. The van der Waals surface area contributed by atoms with Gasteiger partial charge in [-0.1, -0.05) is 35.3 Å². The number of carbonyl (C=O) groups excluding carboxylic acids is 1. The highest BCUT2D eigenvalue weighted by Crippen LogP contribution is 2.29. The number of aliphatic imine (C=N–C) groups is 1. The van der Waals surface area contributed by atoms with Gasteiger partial charge >= 0.3 is 5.97 Å². The van der Waals surface area contributed by atoms with Gasteiger partial charge in [-0.3, -0.25) is 4.99 Å². The zero-order valence-electron chi connectivity index (χ0n) is 10.7. The van der Waals surface area contributed by atoms with E-state index in [-0.39, 0.29) is 5.97 Å². The largest absolute Gasteiger partial charge is 0.464 e. The van der Waals surface area contributed by atoms with Crippen molar-refractivity contribution in [3.63, 3.8) is 0 Å². The van der Waals surface area contributed by atoms with Gasteiger partial charge in [0.25, 0.3) is 0 Å². The zero-order chi connectivity index (χ0) is 13.9. The molecule has 2 rings (SSSR count). The van der Waals surface area contributed by atoms with E-state index in [4.69, 9.17) is 27.9 Å². The Morgan fingerprint density at radius 1 is 1.42 bits per heavy atom. The first-order valence-electron chi connectivity index (χ1n) is 6.14. The van der Waals surface area contributed by atoms with Crippen LogP contribution in [0.15, 0.2) is 29.3 Å². The normalized spacial score (nSPS) is 23.5. The quantitative estimate of drug-likeness (QED) is 0.486. The number of nitrogens with zero attached hydrogens (tertiary/aromatic N) is 1. The Labute approximate surface area is 122 Å². The van der Waals surface area contributed by atoms with Gasteiger partial charge in [0, 0.05) is 23.7 Å². The summed E-state index contributed by atoms with van der Waals surface area (Å²) in [5.74, 6) is -0.387. The molecule has 1 fully saturated rings. The van der Waals surface area contributed by atoms with Gasteiger partial charge in [0.05, 0.1) is 6.61 Å². The van der Waals surface area contributed by atoms with E-state index in [9.17, 15) is 4.79 Å². The maximum atomic E-state index is 11.6. The smallest absolute Gasteiger partial charge is 0.333 e. The molecule has 0 bridgehead atoms. The van der Waals surface area contributed by atoms with Gasteiger partial charge in [-0.05, 0) is 31.0 Å². The summed E-state index contributed by atoms with van der Waals surface area (Å²) in [7, 11) is 0. The van der Waals surface area contributed by atoms with Crippen LogP contribution in [0, 0.1) is 0 Å². The second-order valence-corrected chi connectivity index (χ2v) is 5.61. The number of esters is 1. The Kier molecular flexibility index (Phi) is 4.48. The molecule has 1 aliphatic rings. The SMILES string of the molecule is CC(=NCCc1ccc(Cl)cc1)C1(Cl)CCOC1=O. The summed E-state index contributed by atoms with van der Waals surface area (Å²) < 4.78 is 4.90. The van der Waals surface area contributed by atoms with Gasteiger partial charge in [-0.15, -0.1) is 0 Å². The third-order valence-electron chi connectivity index (χ3n) is 3.24. The van der Waals surface area contributed by atoms with Gasteiger partial charge in [-0.25, -0.2) is 4.79 Å². The highest BCUT2D eigenvalue weighted by molar-refractivity contribution is 6.46. The summed E-state index contributed by atoms with van der Waals surface area (Å²) in [5, 5.41) is 0.719. The van der Waals surface area contributed by atoms with E-state index in [1.165, 1.54) is 0 Å². The summed E-state index contributed by atoms with van der Waals surface area (Å²) in [4.78, 5) is 14.9. The molecule has 1 aromatic rings. The summed E-state index contributed by atoms with van der Waals surface area (Å²) in [5.41, 5.74) is 1.78. The number of carbonyl (C=O) groups is 1. The molecular formula is C14H15Cl2NO2. The average molecular weight is 300 g/mol. The van der Waals surface area contributed by atoms with Crippen molar-refractivity contribution >= 4 is 34.9 Å². The van der Waals surface area contributed by atoms with Crippen LogP contribution in [0.4, 0.5) is 0 Å². The molecule has 1 aromatic carbocycles. The number of ether oxygens (including phenoxy) is 1. The first kappa shape index (κ1) is 14.4. The van der Waals surface area contributed by atoms with E-state index in [2.05, 4.69) is 4.99 Å². The molecule has 0 aromatic heterocycles. The summed E-state index contributed by atoms with van der Waals surface area (Å²) in [6.45, 7) is 2.74. The number of hydrogen-bond donors (Lipinski definition) is 0. The molecule has 1 unspecified atom stereocenters. The van der Waals surface area contributed by atoms with E-state index in [0.717, 1.165) is 17.0 Å². The van der Waals surface area contributed by atoms with Crippen molar-refractivity contribution in [2.75, 3.05) is 13.2 Å². The van der Waals surface area contributed by atoms with Crippen LogP contribution in [0.25, 0.3) is 0 Å². The van der Waals surface area contributed by atoms with Crippen LogP contribution in [0.5, 0.6) is 0 Å². The van der Waals surface area contributed by atoms with E-state index in [1.807, 2.05) is 24.3 Å². The summed E-state index contributed by atoms with van der Waals surface area (Å²) in [6, 6.07) is 7.64. The number of rotatable bonds is 4. The Hall–Kier alpha value is -1.06. The molecule has 0 spiro atoms. The molecule has 0 saturated carbocycles. The maximum Gasteiger partial charge on any atom is 0.333 e. The zero-order valence-corrected chi connectivity index (χ0v) is 12.2. The topological polar surface area (TPSA) is 38.7 Å². The minimum Gasteiger partial charge on any atom is -0.464 e. The van der Waals surface area contributed by atoms with Gasteiger partial charge in [0.15, 0.2) is 4.87 Å². The molecule has 0 amide bonds. The Morgan fingerprint density at radius 3 is 2.68 bits per heavy atom. The van der Waals surface area contributed by atoms with Crippen molar-refractivity contribution in [2.24, 2.45) is 4.99 Å². The van der Waals surface area contributed by atoms with Gasteiger partial charge in [-0.2, -0.15) is 0 Å². The molecule has 0 N–H and O–H groups in total. The van der Waals surface area contributed by atoms with Crippen LogP contribution in [-0.2, 0) is 16.0 Å². The first-order chi connectivity index (χ1) is 9.02. The third kappa shape index (κ3) is 3.28. The molecular weight excluding hydrogens is 285 g/mol. The van der Waals surface area contributed by atoms with E-state index >= 15 is 0 Å². The Morgan fingerprint density at radius 2 is 2.11 bits per heavy atom. The molecule has 1 saturated heterocycles. The average Bonchev–Trinajstić information content (AvgIpc) is 2.73. The molecule has 1 aliphatic heterocycles. The lowest BCUT2D eigenvalue weighted by atomic mass is 10.0. The van der Waals surface area contributed by atoms with Crippen molar-refractivity contribution in [1.29, 1.82) is 0 Å². The lowest BCUT2D eigenvalue weighted by molar-refractivity contribution is -0.138. The standard InChI is InChI=1S/C14H15Cl2NO2/c1-10(14(16)7-9-19-13(14)18)17-8-6-11-2-4-12(15)5-3-11/h2-5H,6-9H2,1H3. The maximum absolute atomic E-state index is 11.6. The van der Waals surface area contributed by atoms with Crippen LogP contribution in [0.3, 0.4) is 0 Å². The Balaban J connectivity index is 1.95. The molecule has 1 atom stereocenters. The van der Waals surface area contributed by atoms with Crippen molar-refractivity contribution in [3.8, 4) is 0 Å². The highest BCUT2D eigenvalue weighted by atomic mass is 35.5. The van der Waals surface area contributed by atoms with Crippen LogP contribution < -0.4 is 0 Å². The molecule has 0 aliphatic carbocycles. The van der Waals surface area contributed by atoms with E-state index in [1.54, 1.807) is 6.92 Å². The van der Waals surface area contributed by atoms with Gasteiger partial charge in [0.1, 0.15) is 0 Å². The van der Waals surface area contributed by atoms with Crippen molar-refractivity contribution in [1.82, 2.24) is 0 Å². The lowest BCUT2D eigenvalue weighted by Gasteiger charge is -2.15. The number of benzene rings is 1. The Bertz CT molecular complexity index is 499. The molecule has 102 valence electrons.